The molecule has 0 unspecified atom stereocenters. The number of aromatic nitrogens is 1. The van der Waals surface area contributed by atoms with E-state index in [1.165, 1.54) is 24.3 Å². The number of rotatable bonds is 4. The van der Waals surface area contributed by atoms with Gasteiger partial charge in [-0.2, -0.15) is 0 Å². The van der Waals surface area contributed by atoms with Crippen LogP contribution in [0.15, 0.2) is 60.8 Å². The first-order chi connectivity index (χ1) is 10.7. The van der Waals surface area contributed by atoms with Gasteiger partial charge in [0, 0.05) is 11.6 Å². The second-order valence-electron chi connectivity index (χ2n) is 4.67. The van der Waals surface area contributed by atoms with Gasteiger partial charge in [-0.15, -0.1) is 0 Å². The van der Waals surface area contributed by atoms with Gasteiger partial charge in [-0.1, -0.05) is 18.2 Å². The Morgan fingerprint density at radius 3 is 2.68 bits per heavy atom. The number of amides is 1. The van der Waals surface area contributed by atoms with Crippen LogP contribution in [-0.2, 0) is 4.79 Å². The molecule has 5 heteroatoms. The molecule has 0 aliphatic heterocycles. The predicted molar refractivity (Wildman–Crippen MR) is 82.3 cm³/mol. The van der Waals surface area contributed by atoms with E-state index < -0.39 is 0 Å². The van der Waals surface area contributed by atoms with Crippen molar-refractivity contribution in [3.05, 3.63) is 66.6 Å². The molecule has 0 saturated heterocycles. The van der Waals surface area contributed by atoms with E-state index in [0.717, 1.165) is 10.9 Å². The first-order valence-electron chi connectivity index (χ1n) is 6.74. The molecule has 22 heavy (non-hydrogen) atoms. The molecule has 110 valence electrons. The van der Waals surface area contributed by atoms with Crippen molar-refractivity contribution in [3.63, 3.8) is 0 Å². The van der Waals surface area contributed by atoms with Gasteiger partial charge in [0.15, 0.2) is 6.61 Å². The summed E-state index contributed by atoms with van der Waals surface area (Å²) in [7, 11) is 0. The summed E-state index contributed by atoms with van der Waals surface area (Å²) in [4.78, 5) is 16.2. The van der Waals surface area contributed by atoms with Crippen LogP contribution in [0.25, 0.3) is 10.9 Å². The SMILES string of the molecule is O=C(COc1ccc(F)cc1)Nc1cccc2cccnc12. The molecule has 0 spiro atoms. The molecule has 2 aromatic carbocycles. The lowest BCUT2D eigenvalue weighted by molar-refractivity contribution is -0.118. The van der Waals surface area contributed by atoms with Crippen LogP contribution in [0.3, 0.4) is 0 Å². The summed E-state index contributed by atoms with van der Waals surface area (Å²) in [6, 6.07) is 14.8. The van der Waals surface area contributed by atoms with Gasteiger partial charge in [-0.3, -0.25) is 9.78 Å². The highest BCUT2D eigenvalue weighted by atomic mass is 19.1. The minimum absolute atomic E-state index is 0.158. The summed E-state index contributed by atoms with van der Waals surface area (Å²) in [5.74, 6) is -0.214. The summed E-state index contributed by atoms with van der Waals surface area (Å²) < 4.78 is 18.1. The zero-order valence-corrected chi connectivity index (χ0v) is 11.6. The molecule has 4 nitrogen and oxygen atoms in total. The second-order valence-corrected chi connectivity index (χ2v) is 4.67. The molecular formula is C17H13FN2O2. The van der Waals surface area contributed by atoms with E-state index >= 15 is 0 Å². The molecule has 0 aliphatic carbocycles. The van der Waals surface area contributed by atoms with Crippen LogP contribution < -0.4 is 10.1 Å². The average molecular weight is 296 g/mol. The maximum Gasteiger partial charge on any atom is 0.262 e. The third-order valence-corrected chi connectivity index (χ3v) is 3.09. The van der Waals surface area contributed by atoms with E-state index in [9.17, 15) is 9.18 Å². The van der Waals surface area contributed by atoms with Crippen molar-refractivity contribution in [1.82, 2.24) is 4.98 Å². The summed E-state index contributed by atoms with van der Waals surface area (Å²) in [5, 5.41) is 3.71. The van der Waals surface area contributed by atoms with Crippen LogP contribution in [0.5, 0.6) is 5.75 Å². The number of hydrogen-bond acceptors (Lipinski definition) is 3. The number of halogens is 1. The Bertz CT molecular complexity index is 798. The van der Waals surface area contributed by atoms with Crippen LogP contribution in [0.2, 0.25) is 0 Å². The molecule has 0 fully saturated rings. The number of ether oxygens (including phenoxy) is 1. The van der Waals surface area contributed by atoms with Gasteiger partial charge in [-0.05, 0) is 36.4 Å². The maximum atomic E-state index is 12.8. The lowest BCUT2D eigenvalue weighted by Crippen LogP contribution is -2.20. The minimum Gasteiger partial charge on any atom is -0.484 e. The van der Waals surface area contributed by atoms with Gasteiger partial charge in [0.2, 0.25) is 0 Å². The van der Waals surface area contributed by atoms with Crippen LogP contribution in [0, 0.1) is 5.82 Å². The van der Waals surface area contributed by atoms with E-state index in [2.05, 4.69) is 10.3 Å². The third-order valence-electron chi connectivity index (χ3n) is 3.09. The molecule has 1 amide bonds. The number of hydrogen-bond donors (Lipinski definition) is 1. The van der Waals surface area contributed by atoms with Crippen molar-refractivity contribution in [2.45, 2.75) is 0 Å². The Hall–Kier alpha value is -2.95. The molecule has 1 aromatic heterocycles. The summed E-state index contributed by atoms with van der Waals surface area (Å²) in [6.07, 6.45) is 1.67. The number of nitrogens with one attached hydrogen (secondary N) is 1. The number of pyridine rings is 1. The topological polar surface area (TPSA) is 51.2 Å². The zero-order valence-electron chi connectivity index (χ0n) is 11.6. The number of anilines is 1. The van der Waals surface area contributed by atoms with E-state index in [-0.39, 0.29) is 18.3 Å². The number of nitrogens with zero attached hydrogens (tertiary/aromatic N) is 1. The standard InChI is InChI=1S/C17H13FN2O2/c18-13-6-8-14(9-7-13)22-11-16(21)20-15-5-1-3-12-4-2-10-19-17(12)15/h1-10H,11H2,(H,20,21). The number of fused-ring (bicyclic) bond motifs is 1. The fourth-order valence-electron chi connectivity index (χ4n) is 2.07. The Morgan fingerprint density at radius 1 is 1.09 bits per heavy atom. The Kier molecular flexibility index (Phi) is 3.96. The van der Waals surface area contributed by atoms with Gasteiger partial charge < -0.3 is 10.1 Å². The predicted octanol–water partition coefficient (Wildman–Crippen LogP) is 3.39. The molecule has 3 rings (SSSR count). The molecule has 0 atom stereocenters. The van der Waals surface area contributed by atoms with Crippen LogP contribution in [0.1, 0.15) is 0 Å². The molecule has 1 N–H and O–H groups in total. The molecule has 0 radical (unpaired) electrons. The van der Waals surface area contributed by atoms with Crippen molar-refractivity contribution in [3.8, 4) is 5.75 Å². The van der Waals surface area contributed by atoms with Gasteiger partial charge in [0.25, 0.3) is 5.91 Å². The van der Waals surface area contributed by atoms with Crippen LogP contribution >= 0.6 is 0 Å². The molecule has 0 saturated carbocycles. The molecule has 1 heterocycles. The van der Waals surface area contributed by atoms with Gasteiger partial charge >= 0.3 is 0 Å². The number of carbonyl (C=O) groups is 1. The van der Waals surface area contributed by atoms with Crippen LogP contribution in [-0.4, -0.2) is 17.5 Å². The van der Waals surface area contributed by atoms with E-state index in [1.54, 1.807) is 12.3 Å². The van der Waals surface area contributed by atoms with Crippen molar-refractivity contribution >= 4 is 22.5 Å². The Balaban J connectivity index is 1.67. The average Bonchev–Trinajstić information content (AvgIpc) is 2.55. The molecular weight excluding hydrogens is 283 g/mol. The molecule has 0 bridgehead atoms. The fourth-order valence-corrected chi connectivity index (χ4v) is 2.07. The largest absolute Gasteiger partial charge is 0.484 e. The highest BCUT2D eigenvalue weighted by molar-refractivity contribution is 6.00. The maximum absolute atomic E-state index is 12.8. The zero-order chi connectivity index (χ0) is 15.4. The van der Waals surface area contributed by atoms with E-state index in [4.69, 9.17) is 4.74 Å². The monoisotopic (exact) mass is 296 g/mol. The Morgan fingerprint density at radius 2 is 1.86 bits per heavy atom. The van der Waals surface area contributed by atoms with Crippen molar-refractivity contribution in [2.75, 3.05) is 11.9 Å². The lowest BCUT2D eigenvalue weighted by atomic mass is 10.2. The van der Waals surface area contributed by atoms with Crippen molar-refractivity contribution in [1.29, 1.82) is 0 Å². The number of para-hydroxylation sites is 1. The van der Waals surface area contributed by atoms with E-state index in [0.29, 0.717) is 11.4 Å². The van der Waals surface area contributed by atoms with Gasteiger partial charge in [0.05, 0.1) is 11.2 Å². The lowest BCUT2D eigenvalue weighted by Gasteiger charge is -2.09. The number of carbonyl (C=O) groups excluding carboxylic acids is 1. The van der Waals surface area contributed by atoms with Crippen LogP contribution in [0.4, 0.5) is 10.1 Å². The highest BCUT2D eigenvalue weighted by Crippen LogP contribution is 2.20. The van der Waals surface area contributed by atoms with Crippen molar-refractivity contribution < 1.29 is 13.9 Å². The number of benzene rings is 2. The molecule has 0 aliphatic rings. The Labute approximate surface area is 126 Å². The third kappa shape index (κ3) is 3.20. The molecule has 3 aromatic rings. The fraction of sp³-hybridized carbons (Fsp3) is 0.0588. The minimum atomic E-state index is -0.348. The first-order valence-corrected chi connectivity index (χ1v) is 6.74. The summed E-state index contributed by atoms with van der Waals surface area (Å²) in [5.41, 5.74) is 1.35. The van der Waals surface area contributed by atoms with Gasteiger partial charge in [-0.25, -0.2) is 4.39 Å². The van der Waals surface area contributed by atoms with Gasteiger partial charge in [0.1, 0.15) is 11.6 Å². The summed E-state index contributed by atoms with van der Waals surface area (Å²) in [6.45, 7) is -0.158. The quantitative estimate of drug-likeness (QED) is 0.803. The van der Waals surface area contributed by atoms with E-state index in [1.807, 2.05) is 24.3 Å². The summed E-state index contributed by atoms with van der Waals surface area (Å²) >= 11 is 0. The normalized spacial score (nSPS) is 10.4. The smallest absolute Gasteiger partial charge is 0.262 e. The first kappa shape index (κ1) is 14.0. The second kappa shape index (κ2) is 6.22. The van der Waals surface area contributed by atoms with Crippen molar-refractivity contribution in [2.24, 2.45) is 0 Å². The highest BCUT2D eigenvalue weighted by Gasteiger charge is 2.07.